The highest BCUT2D eigenvalue weighted by Gasteiger charge is 2.50. The van der Waals surface area contributed by atoms with Crippen molar-refractivity contribution in [3.8, 4) is 0 Å². The molecule has 2 saturated heterocycles. The second kappa shape index (κ2) is 8.19. The summed E-state index contributed by atoms with van der Waals surface area (Å²) >= 11 is 5.58. The van der Waals surface area contributed by atoms with E-state index in [0.29, 0.717) is 12.0 Å². The molecule has 28 heavy (non-hydrogen) atoms. The molecule has 148 valence electrons. The highest BCUT2D eigenvalue weighted by molar-refractivity contribution is 9.26. The van der Waals surface area contributed by atoms with Gasteiger partial charge in [0.05, 0.1) is 0 Å². The van der Waals surface area contributed by atoms with Gasteiger partial charge in [0.2, 0.25) is 15.0 Å². The van der Waals surface area contributed by atoms with Crippen LogP contribution in [0.25, 0.3) is 0 Å². The molecule has 0 spiro atoms. The minimum atomic E-state index is -1.52. The van der Waals surface area contributed by atoms with Crippen LogP contribution in [0.3, 0.4) is 0 Å². The number of benzene rings is 1. The van der Waals surface area contributed by atoms with Crippen LogP contribution in [-0.4, -0.2) is 38.9 Å². The van der Waals surface area contributed by atoms with Crippen molar-refractivity contribution in [1.82, 2.24) is 21.3 Å². The third kappa shape index (κ3) is 3.97. The maximum absolute atomic E-state index is 12.0. The maximum Gasteiger partial charge on any atom is 0.328 e. The zero-order chi connectivity index (χ0) is 21.1. The number of rotatable bonds is 2. The van der Waals surface area contributed by atoms with E-state index in [2.05, 4.69) is 42.5 Å². The molecule has 0 bridgehead atoms. The largest absolute Gasteiger partial charge is 0.328 e. The summed E-state index contributed by atoms with van der Waals surface area (Å²) in [4.78, 5) is 67.2. The molecule has 10 nitrogen and oxygen atoms in total. The van der Waals surface area contributed by atoms with Gasteiger partial charge in [0.15, 0.2) is 5.41 Å². The van der Waals surface area contributed by atoms with E-state index >= 15 is 0 Å². The molecule has 2 aliphatic heterocycles. The minimum Gasteiger partial charge on any atom is -0.277 e. The number of urea groups is 2. The van der Waals surface area contributed by atoms with Crippen LogP contribution in [-0.2, 0) is 24.6 Å². The van der Waals surface area contributed by atoms with Gasteiger partial charge in [0, 0.05) is 0 Å². The molecule has 0 atom stereocenters. The number of nitrogens with one attached hydrogen (secondary N) is 4. The lowest BCUT2D eigenvalue weighted by Gasteiger charge is -2.33. The quantitative estimate of drug-likeness (QED) is 0.332. The first-order valence-corrected chi connectivity index (χ1v) is 9.41. The van der Waals surface area contributed by atoms with E-state index in [0.717, 1.165) is 0 Å². The number of carbonyl (C=O) groups is 6. The molecule has 2 heterocycles. The first-order chi connectivity index (χ1) is 13.1. The van der Waals surface area contributed by atoms with E-state index in [1.165, 1.54) is 0 Å². The van der Waals surface area contributed by atoms with E-state index in [1.54, 1.807) is 37.3 Å². The van der Waals surface area contributed by atoms with E-state index in [1.807, 2.05) is 10.6 Å². The smallest absolute Gasteiger partial charge is 0.277 e. The SMILES string of the molecule is CCC1(c2ccccc2)C(=O)NC(=O)NC1=O.O=C1NC(=O)C(Br)(Br)C(=O)N1. The van der Waals surface area contributed by atoms with Crippen molar-refractivity contribution in [1.29, 1.82) is 0 Å². The first kappa shape index (κ1) is 21.7. The van der Waals surface area contributed by atoms with E-state index < -0.39 is 44.3 Å². The third-order valence-corrected chi connectivity index (χ3v) is 5.49. The molecule has 8 amide bonds. The zero-order valence-electron chi connectivity index (χ0n) is 14.3. The molecule has 3 rings (SSSR count). The number of hydrogen-bond acceptors (Lipinski definition) is 6. The summed E-state index contributed by atoms with van der Waals surface area (Å²) in [7, 11) is 0. The Morgan fingerprint density at radius 3 is 1.50 bits per heavy atom. The summed E-state index contributed by atoms with van der Waals surface area (Å²) in [5, 5.41) is 8.07. The third-order valence-electron chi connectivity index (χ3n) is 4.05. The lowest BCUT2D eigenvalue weighted by atomic mass is 9.75. The van der Waals surface area contributed by atoms with Crippen molar-refractivity contribution in [3.05, 3.63) is 35.9 Å². The summed E-state index contributed by atoms with van der Waals surface area (Å²) < 4.78 is -1.52. The number of amides is 8. The Morgan fingerprint density at radius 2 is 1.11 bits per heavy atom. The van der Waals surface area contributed by atoms with Gasteiger partial charge in [-0.15, -0.1) is 0 Å². The molecular weight excluding hydrogens is 504 g/mol. The monoisotopic (exact) mass is 516 g/mol. The van der Waals surface area contributed by atoms with Crippen LogP contribution in [0.2, 0.25) is 0 Å². The van der Waals surface area contributed by atoms with Crippen molar-refractivity contribution >= 4 is 67.6 Å². The molecule has 12 heteroatoms. The topological polar surface area (TPSA) is 151 Å². The van der Waals surface area contributed by atoms with Crippen LogP contribution in [0.4, 0.5) is 9.59 Å². The second-order valence-corrected chi connectivity index (χ2v) is 9.12. The maximum atomic E-state index is 12.0. The molecular formula is C16H14Br2N4O6. The summed E-state index contributed by atoms with van der Waals surface area (Å²) in [6, 6.07) is 7.15. The summed E-state index contributed by atoms with van der Waals surface area (Å²) in [5.74, 6) is -2.60. The summed E-state index contributed by atoms with van der Waals surface area (Å²) in [6.45, 7) is 1.74. The fraction of sp³-hybridized carbons (Fsp3) is 0.250. The molecule has 1 aromatic carbocycles. The number of barbiturate groups is 2. The molecule has 4 N–H and O–H groups in total. The number of halogens is 2. The Bertz CT molecular complexity index is 829. The normalized spacial score (nSPS) is 20.1. The number of carbonyl (C=O) groups excluding carboxylic acids is 6. The predicted molar refractivity (Wildman–Crippen MR) is 102 cm³/mol. The molecule has 0 unspecified atom stereocenters. The molecule has 0 saturated carbocycles. The van der Waals surface area contributed by atoms with Gasteiger partial charge in [-0.25, -0.2) is 9.59 Å². The Morgan fingerprint density at radius 1 is 0.714 bits per heavy atom. The lowest BCUT2D eigenvalue weighted by molar-refractivity contribution is -0.139. The van der Waals surface area contributed by atoms with Crippen molar-refractivity contribution in [3.63, 3.8) is 0 Å². The molecule has 1 aromatic rings. The van der Waals surface area contributed by atoms with Crippen LogP contribution < -0.4 is 21.3 Å². The van der Waals surface area contributed by atoms with Gasteiger partial charge in [0.25, 0.3) is 11.8 Å². The number of imide groups is 4. The Hall–Kier alpha value is -2.60. The minimum absolute atomic E-state index is 0.294. The molecule has 0 aliphatic carbocycles. The first-order valence-electron chi connectivity index (χ1n) is 7.82. The van der Waals surface area contributed by atoms with Crippen molar-refractivity contribution in [2.24, 2.45) is 0 Å². The zero-order valence-corrected chi connectivity index (χ0v) is 17.5. The summed E-state index contributed by atoms with van der Waals surface area (Å²) in [6.07, 6.45) is 0.294. The number of hydrogen-bond donors (Lipinski definition) is 4. The van der Waals surface area contributed by atoms with Crippen molar-refractivity contribution in [2.45, 2.75) is 22.0 Å². The molecule has 2 aliphatic rings. The molecule has 0 aromatic heterocycles. The van der Waals surface area contributed by atoms with Gasteiger partial charge in [-0.05, 0) is 12.0 Å². The standard InChI is InChI=1S/C12H12N2O3.C4H2Br2N2O3/c1-2-12(8-6-4-3-5-7-8)9(15)13-11(17)14-10(12)16;5-4(6)1(9)7-3(11)8-2(4)10/h3-7H,2H2,1H3,(H2,13,14,15,16,17);(H2,7,8,9,10,11). The van der Waals surface area contributed by atoms with Crippen molar-refractivity contribution in [2.75, 3.05) is 0 Å². The molecule has 2 fully saturated rings. The lowest BCUT2D eigenvalue weighted by Crippen LogP contribution is -2.64. The molecule has 0 radical (unpaired) electrons. The second-order valence-electron chi connectivity index (χ2n) is 5.67. The van der Waals surface area contributed by atoms with Gasteiger partial charge in [0.1, 0.15) is 0 Å². The summed E-state index contributed by atoms with van der Waals surface area (Å²) in [5.41, 5.74) is -0.722. The highest BCUT2D eigenvalue weighted by Crippen LogP contribution is 2.30. The fourth-order valence-electron chi connectivity index (χ4n) is 2.56. The van der Waals surface area contributed by atoms with E-state index in [4.69, 9.17) is 0 Å². The van der Waals surface area contributed by atoms with Crippen LogP contribution in [0.15, 0.2) is 30.3 Å². The fourth-order valence-corrected chi connectivity index (χ4v) is 2.96. The van der Waals surface area contributed by atoms with Crippen LogP contribution in [0, 0.1) is 0 Å². The van der Waals surface area contributed by atoms with Gasteiger partial charge in [-0.1, -0.05) is 69.1 Å². The average Bonchev–Trinajstić information content (AvgIpc) is 2.62. The number of alkyl halides is 2. The van der Waals surface area contributed by atoms with Gasteiger partial charge in [-0.3, -0.25) is 40.4 Å². The van der Waals surface area contributed by atoms with Crippen molar-refractivity contribution < 1.29 is 28.8 Å². The Labute approximate surface area is 175 Å². The highest BCUT2D eigenvalue weighted by atomic mass is 79.9. The van der Waals surface area contributed by atoms with E-state index in [9.17, 15) is 28.8 Å². The van der Waals surface area contributed by atoms with E-state index in [-0.39, 0.29) is 0 Å². The predicted octanol–water partition coefficient (Wildman–Crippen LogP) is 0.539. The van der Waals surface area contributed by atoms with Gasteiger partial charge in [-0.2, -0.15) is 0 Å². The van der Waals surface area contributed by atoms with Crippen LogP contribution in [0.1, 0.15) is 18.9 Å². The average molecular weight is 518 g/mol. The van der Waals surface area contributed by atoms with Gasteiger partial charge < -0.3 is 0 Å². The van der Waals surface area contributed by atoms with Gasteiger partial charge >= 0.3 is 12.1 Å². The Balaban J connectivity index is 0.000000221. The van der Waals surface area contributed by atoms with Crippen LogP contribution in [0.5, 0.6) is 0 Å². The Kier molecular flexibility index (Phi) is 6.34. The van der Waals surface area contributed by atoms with Crippen LogP contribution >= 0.6 is 31.9 Å².